The summed E-state index contributed by atoms with van der Waals surface area (Å²) in [6.45, 7) is 1.18. The average Bonchev–Trinajstić information content (AvgIpc) is 2.67. The van der Waals surface area contributed by atoms with E-state index >= 15 is 0 Å². The first-order chi connectivity index (χ1) is 14.2. The molecule has 0 fully saturated rings. The number of halogens is 3. The molecule has 0 saturated heterocycles. The third-order valence-electron chi connectivity index (χ3n) is 3.82. The number of nitrogens with one attached hydrogen (secondary N) is 2. The van der Waals surface area contributed by atoms with Gasteiger partial charge in [-0.2, -0.15) is 5.26 Å². The highest BCUT2D eigenvalue weighted by atomic mass is 35.5. The maximum Gasteiger partial charge on any atom is 0.308 e. The maximum absolute atomic E-state index is 13.5. The lowest BCUT2D eigenvalue weighted by Crippen LogP contribution is -2.32. The van der Waals surface area contributed by atoms with Gasteiger partial charge in [-0.25, -0.2) is 8.78 Å². The summed E-state index contributed by atoms with van der Waals surface area (Å²) in [6.07, 6.45) is -1.41. The third kappa shape index (κ3) is 6.25. The molecular formula is C20H16ClF2N3O4. The second-order valence-electron chi connectivity index (χ2n) is 6.06. The summed E-state index contributed by atoms with van der Waals surface area (Å²) in [6, 6.07) is 8.68. The van der Waals surface area contributed by atoms with Gasteiger partial charge in [0, 0.05) is 18.3 Å². The zero-order valence-electron chi connectivity index (χ0n) is 15.7. The zero-order valence-corrected chi connectivity index (χ0v) is 16.4. The summed E-state index contributed by atoms with van der Waals surface area (Å²) in [7, 11) is 0. The maximum atomic E-state index is 13.5. The fourth-order valence-electron chi connectivity index (χ4n) is 2.28. The van der Waals surface area contributed by atoms with Crippen LogP contribution in [0.3, 0.4) is 0 Å². The number of esters is 1. The number of nitrogens with zero attached hydrogens (tertiary/aromatic N) is 1. The molecule has 0 spiro atoms. The molecule has 7 nitrogen and oxygen atoms in total. The van der Waals surface area contributed by atoms with Crippen molar-refractivity contribution in [2.75, 3.05) is 11.9 Å². The van der Waals surface area contributed by atoms with Crippen LogP contribution >= 0.6 is 11.6 Å². The molecule has 0 heterocycles. The largest absolute Gasteiger partial charge is 0.452 e. The smallest absolute Gasteiger partial charge is 0.308 e. The Kier molecular flexibility index (Phi) is 7.83. The number of rotatable bonds is 7. The first kappa shape index (κ1) is 22.8. The fourth-order valence-corrected chi connectivity index (χ4v) is 2.51. The number of carbonyl (C=O) groups is 3. The number of ether oxygens (including phenoxy) is 1. The van der Waals surface area contributed by atoms with E-state index in [4.69, 9.17) is 21.6 Å². The Morgan fingerprint density at radius 3 is 2.57 bits per heavy atom. The number of anilines is 1. The van der Waals surface area contributed by atoms with E-state index in [1.807, 2.05) is 6.07 Å². The number of benzene rings is 2. The van der Waals surface area contributed by atoms with E-state index in [0.717, 1.165) is 12.1 Å². The molecule has 2 N–H and O–H groups in total. The van der Waals surface area contributed by atoms with Crippen LogP contribution in [0.1, 0.15) is 29.3 Å². The number of nitriles is 1. The summed E-state index contributed by atoms with van der Waals surface area (Å²) < 4.78 is 31.4. The van der Waals surface area contributed by atoms with Crippen molar-refractivity contribution in [2.24, 2.45) is 0 Å². The minimum Gasteiger partial charge on any atom is -0.452 e. The molecule has 0 saturated carbocycles. The summed E-state index contributed by atoms with van der Waals surface area (Å²) in [5.74, 6) is -4.05. The van der Waals surface area contributed by atoms with Crippen molar-refractivity contribution >= 4 is 35.1 Å². The second-order valence-corrected chi connectivity index (χ2v) is 6.47. The Bertz CT molecular complexity index is 1020. The highest BCUT2D eigenvalue weighted by molar-refractivity contribution is 6.32. The molecular weight excluding hydrogens is 420 g/mol. The summed E-state index contributed by atoms with van der Waals surface area (Å²) in [5.41, 5.74) is 0.204. The molecule has 1 unspecified atom stereocenters. The van der Waals surface area contributed by atoms with E-state index in [9.17, 15) is 23.2 Å². The van der Waals surface area contributed by atoms with E-state index < -0.39 is 35.5 Å². The number of carbonyl (C=O) groups excluding carboxylic acids is 3. The number of hydrogen-bond donors (Lipinski definition) is 2. The van der Waals surface area contributed by atoms with Crippen molar-refractivity contribution in [1.29, 1.82) is 5.26 Å². The van der Waals surface area contributed by atoms with Crippen molar-refractivity contribution in [1.82, 2.24) is 5.32 Å². The average molecular weight is 436 g/mol. The van der Waals surface area contributed by atoms with Gasteiger partial charge in [-0.1, -0.05) is 11.6 Å². The topological polar surface area (TPSA) is 108 Å². The Hall–Kier alpha value is -3.51. The molecule has 0 aliphatic rings. The van der Waals surface area contributed by atoms with Gasteiger partial charge in [0.2, 0.25) is 0 Å². The molecule has 10 heteroatoms. The van der Waals surface area contributed by atoms with Gasteiger partial charge in [-0.05, 0) is 37.3 Å². The van der Waals surface area contributed by atoms with Crippen LogP contribution in [0.2, 0.25) is 5.02 Å². The Morgan fingerprint density at radius 2 is 1.93 bits per heavy atom. The summed E-state index contributed by atoms with van der Waals surface area (Å²) in [5, 5.41) is 13.8. The van der Waals surface area contributed by atoms with Crippen LogP contribution in [0, 0.1) is 23.0 Å². The van der Waals surface area contributed by atoms with Crippen molar-refractivity contribution in [3.05, 3.63) is 64.2 Å². The van der Waals surface area contributed by atoms with Crippen LogP contribution in [0.4, 0.5) is 14.5 Å². The SMILES string of the molecule is CC(OC(=O)CCNC(=O)c1ccc(F)cc1F)C(=O)Nc1ccc(C#N)c(Cl)c1. The van der Waals surface area contributed by atoms with Gasteiger partial charge in [0.1, 0.15) is 17.7 Å². The lowest BCUT2D eigenvalue weighted by atomic mass is 10.2. The molecule has 0 aliphatic carbocycles. The Labute approximate surface area is 175 Å². The highest BCUT2D eigenvalue weighted by Crippen LogP contribution is 2.20. The molecule has 2 rings (SSSR count). The van der Waals surface area contributed by atoms with E-state index in [0.29, 0.717) is 11.8 Å². The van der Waals surface area contributed by atoms with Gasteiger partial charge in [0.15, 0.2) is 6.10 Å². The molecule has 2 aromatic carbocycles. The number of hydrogen-bond acceptors (Lipinski definition) is 5. The predicted molar refractivity (Wildman–Crippen MR) is 104 cm³/mol. The Morgan fingerprint density at radius 1 is 1.20 bits per heavy atom. The molecule has 0 aromatic heterocycles. The fraction of sp³-hybridized carbons (Fsp3) is 0.200. The molecule has 30 heavy (non-hydrogen) atoms. The molecule has 156 valence electrons. The Balaban J connectivity index is 1.79. The van der Waals surface area contributed by atoms with Crippen LogP contribution in [-0.4, -0.2) is 30.4 Å². The van der Waals surface area contributed by atoms with Crippen molar-refractivity contribution in [3.63, 3.8) is 0 Å². The molecule has 0 radical (unpaired) electrons. The first-order valence-electron chi connectivity index (χ1n) is 8.64. The standard InChI is InChI=1S/C20H16ClF2N3O4/c1-11(19(28)26-14-4-2-12(10-24)16(21)9-14)30-18(27)6-7-25-20(29)15-5-3-13(22)8-17(15)23/h2-5,8-9,11H,6-7H2,1H3,(H,25,29)(H,26,28). The van der Waals surface area contributed by atoms with E-state index in [1.54, 1.807) is 0 Å². The second kappa shape index (κ2) is 10.3. The van der Waals surface area contributed by atoms with Crippen molar-refractivity contribution < 1.29 is 27.9 Å². The monoisotopic (exact) mass is 435 g/mol. The van der Waals surface area contributed by atoms with Crippen LogP contribution in [-0.2, 0) is 14.3 Å². The van der Waals surface area contributed by atoms with Gasteiger partial charge in [0.25, 0.3) is 11.8 Å². The summed E-state index contributed by atoms with van der Waals surface area (Å²) in [4.78, 5) is 35.8. The summed E-state index contributed by atoms with van der Waals surface area (Å²) >= 11 is 5.89. The van der Waals surface area contributed by atoms with E-state index in [1.165, 1.54) is 25.1 Å². The zero-order chi connectivity index (χ0) is 22.3. The molecule has 2 aromatic rings. The third-order valence-corrected chi connectivity index (χ3v) is 4.14. The minimum atomic E-state index is -1.14. The van der Waals surface area contributed by atoms with Gasteiger partial charge in [-0.3, -0.25) is 14.4 Å². The normalized spacial score (nSPS) is 11.2. The molecule has 0 bridgehead atoms. The van der Waals surface area contributed by atoms with Gasteiger partial charge in [-0.15, -0.1) is 0 Å². The highest BCUT2D eigenvalue weighted by Gasteiger charge is 2.19. The van der Waals surface area contributed by atoms with E-state index in [2.05, 4.69) is 10.6 Å². The molecule has 0 aliphatic heterocycles. The quantitative estimate of drug-likeness (QED) is 0.649. The lowest BCUT2D eigenvalue weighted by Gasteiger charge is -2.14. The van der Waals surface area contributed by atoms with Crippen molar-refractivity contribution in [3.8, 4) is 6.07 Å². The molecule has 2 amide bonds. The predicted octanol–water partition coefficient (Wildman–Crippen LogP) is 3.18. The first-order valence-corrected chi connectivity index (χ1v) is 9.02. The van der Waals surface area contributed by atoms with E-state index in [-0.39, 0.29) is 29.1 Å². The number of amides is 2. The van der Waals surface area contributed by atoms with Gasteiger partial charge in [0.05, 0.1) is 22.6 Å². The van der Waals surface area contributed by atoms with Crippen LogP contribution in [0.25, 0.3) is 0 Å². The van der Waals surface area contributed by atoms with Crippen LogP contribution in [0.15, 0.2) is 36.4 Å². The minimum absolute atomic E-state index is 0.160. The lowest BCUT2D eigenvalue weighted by molar-refractivity contribution is -0.153. The van der Waals surface area contributed by atoms with Gasteiger partial charge >= 0.3 is 5.97 Å². The molecule has 1 atom stereocenters. The van der Waals surface area contributed by atoms with Gasteiger partial charge < -0.3 is 15.4 Å². The van der Waals surface area contributed by atoms with Crippen molar-refractivity contribution in [2.45, 2.75) is 19.4 Å². The van der Waals surface area contributed by atoms with Crippen LogP contribution < -0.4 is 10.6 Å². The van der Waals surface area contributed by atoms with Crippen LogP contribution in [0.5, 0.6) is 0 Å².